The van der Waals surface area contributed by atoms with Crippen molar-refractivity contribution >= 4 is 21.8 Å². The van der Waals surface area contributed by atoms with Crippen LogP contribution in [0.4, 0.5) is 0 Å². The molecular weight excluding hydrogens is 426 g/mol. The summed E-state index contributed by atoms with van der Waals surface area (Å²) in [6.07, 6.45) is 3.67. The van der Waals surface area contributed by atoms with E-state index in [9.17, 15) is 18.0 Å². The second-order valence-corrected chi connectivity index (χ2v) is 10.7. The first-order valence-electron chi connectivity index (χ1n) is 11.0. The van der Waals surface area contributed by atoms with Crippen molar-refractivity contribution < 1.29 is 18.0 Å². The van der Waals surface area contributed by atoms with Gasteiger partial charge in [-0.25, -0.2) is 8.42 Å². The van der Waals surface area contributed by atoms with Crippen molar-refractivity contribution in [1.29, 1.82) is 0 Å². The first-order chi connectivity index (χ1) is 15.3. The first-order valence-corrected chi connectivity index (χ1v) is 12.5. The van der Waals surface area contributed by atoms with E-state index in [0.29, 0.717) is 6.54 Å². The summed E-state index contributed by atoms with van der Waals surface area (Å²) in [5, 5.41) is 2.94. The average Bonchev–Trinajstić information content (AvgIpc) is 3.32. The summed E-state index contributed by atoms with van der Waals surface area (Å²) in [6, 6.07) is 17.5. The van der Waals surface area contributed by atoms with E-state index in [1.54, 1.807) is 30.0 Å². The van der Waals surface area contributed by atoms with Gasteiger partial charge in [-0.1, -0.05) is 61.4 Å². The number of rotatable bonds is 6. The van der Waals surface area contributed by atoms with Crippen molar-refractivity contribution in [3.05, 3.63) is 66.2 Å². The van der Waals surface area contributed by atoms with Gasteiger partial charge in [-0.3, -0.25) is 9.59 Å². The lowest BCUT2D eigenvalue weighted by Crippen LogP contribution is -2.71. The Morgan fingerprint density at radius 1 is 1.03 bits per heavy atom. The molecule has 0 bridgehead atoms. The van der Waals surface area contributed by atoms with E-state index < -0.39 is 15.6 Å². The van der Waals surface area contributed by atoms with E-state index in [0.717, 1.165) is 35.6 Å². The summed E-state index contributed by atoms with van der Waals surface area (Å²) in [6.45, 7) is 1.67. The third kappa shape index (κ3) is 4.29. The summed E-state index contributed by atoms with van der Waals surface area (Å²) in [5.41, 5.74) is -0.353. The first kappa shape index (κ1) is 22.5. The molecule has 1 heterocycles. The highest BCUT2D eigenvalue weighted by Crippen LogP contribution is 2.34. The van der Waals surface area contributed by atoms with Crippen LogP contribution >= 0.6 is 0 Å². The van der Waals surface area contributed by atoms with Crippen molar-refractivity contribution in [2.75, 3.05) is 13.1 Å². The smallest absolute Gasteiger partial charge is 0.247 e. The van der Waals surface area contributed by atoms with Gasteiger partial charge in [-0.05, 0) is 37.5 Å². The number of amides is 2. The van der Waals surface area contributed by atoms with Crippen LogP contribution in [0.3, 0.4) is 0 Å². The third-order valence-electron chi connectivity index (χ3n) is 6.45. The van der Waals surface area contributed by atoms with Crippen molar-refractivity contribution in [3.8, 4) is 0 Å². The summed E-state index contributed by atoms with van der Waals surface area (Å²) >= 11 is 0. The van der Waals surface area contributed by atoms with Crippen LogP contribution < -0.4 is 5.32 Å². The number of hydrogen-bond acceptors (Lipinski definition) is 4. The normalized spacial score (nSPS) is 22.8. The van der Waals surface area contributed by atoms with Gasteiger partial charge in [0, 0.05) is 19.1 Å². The Kier molecular flexibility index (Phi) is 6.35. The molecule has 0 spiro atoms. The van der Waals surface area contributed by atoms with Crippen LogP contribution in [0.1, 0.15) is 38.2 Å². The van der Waals surface area contributed by atoms with Crippen LogP contribution in [-0.2, 0) is 26.2 Å². The SMILES string of the molecule is CC1(C(=O)NCc2ccccc2)CN(S(=O)(=O)c2ccccc2)CC(=O)N1C1CCCC1. The maximum atomic E-state index is 13.5. The Bertz CT molecular complexity index is 1070. The molecule has 1 saturated carbocycles. The highest BCUT2D eigenvalue weighted by molar-refractivity contribution is 7.89. The molecular formula is C24H29N3O4S. The minimum atomic E-state index is -3.91. The van der Waals surface area contributed by atoms with E-state index >= 15 is 0 Å². The Balaban J connectivity index is 1.64. The van der Waals surface area contributed by atoms with Gasteiger partial charge in [-0.15, -0.1) is 0 Å². The summed E-state index contributed by atoms with van der Waals surface area (Å²) in [7, 11) is -3.91. The molecule has 1 atom stereocenters. The lowest BCUT2D eigenvalue weighted by molar-refractivity contribution is -0.156. The van der Waals surface area contributed by atoms with E-state index in [1.807, 2.05) is 30.3 Å². The Hall–Kier alpha value is -2.71. The zero-order valence-electron chi connectivity index (χ0n) is 18.2. The van der Waals surface area contributed by atoms with Gasteiger partial charge in [0.2, 0.25) is 21.8 Å². The topological polar surface area (TPSA) is 86.8 Å². The lowest BCUT2D eigenvalue weighted by atomic mass is 9.92. The fourth-order valence-electron chi connectivity index (χ4n) is 4.81. The van der Waals surface area contributed by atoms with E-state index in [-0.39, 0.29) is 35.8 Å². The van der Waals surface area contributed by atoms with Crippen LogP contribution in [0, 0.1) is 0 Å². The maximum Gasteiger partial charge on any atom is 0.247 e. The number of piperazine rings is 1. The molecule has 1 aliphatic heterocycles. The number of carbonyl (C=O) groups excluding carboxylic acids is 2. The van der Waals surface area contributed by atoms with E-state index in [1.165, 1.54) is 12.1 Å². The molecule has 1 N–H and O–H groups in total. The minimum Gasteiger partial charge on any atom is -0.350 e. The van der Waals surface area contributed by atoms with Crippen LogP contribution in [0.25, 0.3) is 0 Å². The fraction of sp³-hybridized carbons (Fsp3) is 0.417. The fourth-order valence-corrected chi connectivity index (χ4v) is 6.31. The quantitative estimate of drug-likeness (QED) is 0.725. The van der Waals surface area contributed by atoms with Crippen molar-refractivity contribution in [2.45, 2.75) is 55.6 Å². The van der Waals surface area contributed by atoms with Crippen molar-refractivity contribution in [2.24, 2.45) is 0 Å². The van der Waals surface area contributed by atoms with Gasteiger partial charge in [0.05, 0.1) is 11.4 Å². The van der Waals surface area contributed by atoms with Gasteiger partial charge in [0.1, 0.15) is 5.54 Å². The Morgan fingerprint density at radius 3 is 2.25 bits per heavy atom. The van der Waals surface area contributed by atoms with Gasteiger partial charge < -0.3 is 10.2 Å². The molecule has 2 aliphatic rings. The molecule has 1 unspecified atom stereocenters. The van der Waals surface area contributed by atoms with Gasteiger partial charge in [0.25, 0.3) is 0 Å². The van der Waals surface area contributed by atoms with Crippen LogP contribution in [-0.4, -0.2) is 54.1 Å². The molecule has 8 heteroatoms. The lowest BCUT2D eigenvalue weighted by Gasteiger charge is -2.49. The maximum absolute atomic E-state index is 13.5. The zero-order chi connectivity index (χ0) is 22.8. The van der Waals surface area contributed by atoms with Crippen molar-refractivity contribution in [1.82, 2.24) is 14.5 Å². The van der Waals surface area contributed by atoms with Crippen LogP contribution in [0.2, 0.25) is 0 Å². The molecule has 2 aromatic carbocycles. The van der Waals surface area contributed by atoms with Gasteiger partial charge >= 0.3 is 0 Å². The molecule has 2 amide bonds. The summed E-state index contributed by atoms with van der Waals surface area (Å²) < 4.78 is 27.7. The highest BCUT2D eigenvalue weighted by Gasteiger charge is 2.52. The molecule has 0 radical (unpaired) electrons. The predicted octanol–water partition coefficient (Wildman–Crippen LogP) is 2.54. The van der Waals surface area contributed by atoms with Crippen LogP contribution in [0.15, 0.2) is 65.6 Å². The number of hydrogen-bond donors (Lipinski definition) is 1. The number of nitrogens with one attached hydrogen (secondary N) is 1. The van der Waals surface area contributed by atoms with Crippen LogP contribution in [0.5, 0.6) is 0 Å². The minimum absolute atomic E-state index is 0.0449. The van der Waals surface area contributed by atoms with Crippen molar-refractivity contribution in [3.63, 3.8) is 0 Å². The van der Waals surface area contributed by atoms with Gasteiger partial charge in [0.15, 0.2) is 0 Å². The average molecular weight is 456 g/mol. The molecule has 32 heavy (non-hydrogen) atoms. The second kappa shape index (κ2) is 9.03. The largest absolute Gasteiger partial charge is 0.350 e. The number of sulfonamides is 1. The standard InChI is InChI=1S/C24H29N3O4S/c1-24(23(29)25-16-19-10-4-2-5-11-19)18-26(32(30,31)21-14-6-3-7-15-21)17-22(28)27(24)20-12-8-9-13-20/h2-7,10-11,14-15,20H,8-9,12-13,16-18H2,1H3,(H,25,29). The third-order valence-corrected chi connectivity index (χ3v) is 8.26. The molecule has 4 rings (SSSR count). The predicted molar refractivity (Wildman–Crippen MR) is 121 cm³/mol. The number of nitrogens with zero attached hydrogens (tertiary/aromatic N) is 2. The zero-order valence-corrected chi connectivity index (χ0v) is 19.1. The van der Waals surface area contributed by atoms with E-state index in [4.69, 9.17) is 0 Å². The molecule has 1 saturated heterocycles. The second-order valence-electron chi connectivity index (χ2n) is 8.73. The monoisotopic (exact) mass is 455 g/mol. The summed E-state index contributed by atoms with van der Waals surface area (Å²) in [5.74, 6) is -0.658. The Labute approximate surface area is 189 Å². The van der Waals surface area contributed by atoms with E-state index in [2.05, 4.69) is 5.32 Å². The molecule has 170 valence electrons. The summed E-state index contributed by atoms with van der Waals surface area (Å²) in [4.78, 5) is 28.6. The molecule has 2 aromatic rings. The highest BCUT2D eigenvalue weighted by atomic mass is 32.2. The van der Waals surface area contributed by atoms with Gasteiger partial charge in [-0.2, -0.15) is 4.31 Å². The molecule has 0 aromatic heterocycles. The Morgan fingerprint density at radius 2 is 1.62 bits per heavy atom. The molecule has 7 nitrogen and oxygen atoms in total. The molecule has 1 aliphatic carbocycles. The molecule has 2 fully saturated rings. The number of carbonyl (C=O) groups is 2. The number of benzene rings is 2.